The summed E-state index contributed by atoms with van der Waals surface area (Å²) < 4.78 is 5.30. The number of anilines is 1. The lowest BCUT2D eigenvalue weighted by atomic mass is 10.2. The zero-order valence-corrected chi connectivity index (χ0v) is 13.2. The largest absolute Gasteiger partial charge is 0.482 e. The highest BCUT2D eigenvalue weighted by Crippen LogP contribution is 2.35. The molecule has 128 valence electrons. The molecule has 1 aromatic carbocycles. The average Bonchev–Trinajstić information content (AvgIpc) is 2.57. The second-order valence-corrected chi connectivity index (χ2v) is 5.82. The standard InChI is InChI=1S/C15H18N4O5/c1-10-7-16-4-5-17(10)14(20)8-18-12-6-11(19(22)23)2-3-13(12)24-9-15(18)21/h2-3,6,10,16H,4-5,7-9H2,1H3/t10-/m0/s1. The highest BCUT2D eigenvalue weighted by Gasteiger charge is 2.32. The number of nitro groups is 1. The van der Waals surface area contributed by atoms with Gasteiger partial charge in [-0.3, -0.25) is 24.6 Å². The molecule has 2 amide bonds. The van der Waals surface area contributed by atoms with Crippen LogP contribution < -0.4 is 15.0 Å². The van der Waals surface area contributed by atoms with Gasteiger partial charge in [-0.25, -0.2) is 0 Å². The third-order valence-electron chi connectivity index (χ3n) is 4.21. The average molecular weight is 334 g/mol. The van der Waals surface area contributed by atoms with Gasteiger partial charge < -0.3 is 15.0 Å². The summed E-state index contributed by atoms with van der Waals surface area (Å²) in [5.41, 5.74) is 0.108. The number of nitrogens with one attached hydrogen (secondary N) is 1. The van der Waals surface area contributed by atoms with Gasteiger partial charge in [-0.2, -0.15) is 0 Å². The smallest absolute Gasteiger partial charge is 0.271 e. The topological polar surface area (TPSA) is 105 Å². The highest BCUT2D eigenvalue weighted by molar-refractivity contribution is 6.02. The number of fused-ring (bicyclic) bond motifs is 1. The van der Waals surface area contributed by atoms with Crippen molar-refractivity contribution in [3.05, 3.63) is 28.3 Å². The first-order chi connectivity index (χ1) is 11.5. The van der Waals surface area contributed by atoms with E-state index < -0.39 is 4.92 Å². The van der Waals surface area contributed by atoms with E-state index in [0.717, 1.165) is 0 Å². The molecule has 1 N–H and O–H groups in total. The fourth-order valence-corrected chi connectivity index (χ4v) is 2.92. The Kier molecular flexibility index (Phi) is 4.34. The Balaban J connectivity index is 1.85. The van der Waals surface area contributed by atoms with E-state index in [2.05, 4.69) is 5.32 Å². The second-order valence-electron chi connectivity index (χ2n) is 5.82. The van der Waals surface area contributed by atoms with E-state index in [0.29, 0.717) is 25.4 Å². The van der Waals surface area contributed by atoms with E-state index in [-0.39, 0.29) is 42.4 Å². The minimum absolute atomic E-state index is 0.0342. The van der Waals surface area contributed by atoms with Crippen molar-refractivity contribution in [3.63, 3.8) is 0 Å². The molecule has 0 aromatic heterocycles. The summed E-state index contributed by atoms with van der Waals surface area (Å²) in [5, 5.41) is 14.2. The van der Waals surface area contributed by atoms with Crippen LogP contribution in [0.4, 0.5) is 11.4 Å². The molecule has 0 spiro atoms. The van der Waals surface area contributed by atoms with Gasteiger partial charge in [0.15, 0.2) is 6.61 Å². The van der Waals surface area contributed by atoms with Crippen molar-refractivity contribution < 1.29 is 19.2 Å². The summed E-state index contributed by atoms with van der Waals surface area (Å²) in [6.45, 7) is 3.57. The summed E-state index contributed by atoms with van der Waals surface area (Å²) >= 11 is 0. The zero-order valence-electron chi connectivity index (χ0n) is 13.2. The van der Waals surface area contributed by atoms with Gasteiger partial charge >= 0.3 is 0 Å². The van der Waals surface area contributed by atoms with E-state index in [9.17, 15) is 19.7 Å². The van der Waals surface area contributed by atoms with Crippen molar-refractivity contribution in [3.8, 4) is 5.75 Å². The van der Waals surface area contributed by atoms with Gasteiger partial charge in [0.05, 0.1) is 10.6 Å². The maximum atomic E-state index is 12.6. The molecule has 9 heteroatoms. The van der Waals surface area contributed by atoms with Crippen LogP contribution in [0, 0.1) is 10.1 Å². The normalized spacial score (nSPS) is 20.4. The number of benzene rings is 1. The van der Waals surface area contributed by atoms with Crippen LogP contribution >= 0.6 is 0 Å². The van der Waals surface area contributed by atoms with Crippen LogP contribution in [0.3, 0.4) is 0 Å². The van der Waals surface area contributed by atoms with Crippen LogP contribution in [0.1, 0.15) is 6.92 Å². The number of rotatable bonds is 3. The van der Waals surface area contributed by atoms with Crippen LogP contribution in [-0.2, 0) is 9.59 Å². The van der Waals surface area contributed by atoms with E-state index in [1.54, 1.807) is 4.90 Å². The van der Waals surface area contributed by atoms with E-state index in [1.807, 2.05) is 6.92 Å². The van der Waals surface area contributed by atoms with Gasteiger partial charge in [-0.15, -0.1) is 0 Å². The predicted octanol–water partition coefficient (Wildman–Crippen LogP) is 0.141. The molecule has 1 saturated heterocycles. The fourth-order valence-electron chi connectivity index (χ4n) is 2.92. The lowest BCUT2D eigenvalue weighted by Gasteiger charge is -2.36. The minimum Gasteiger partial charge on any atom is -0.482 e. The lowest BCUT2D eigenvalue weighted by molar-refractivity contribution is -0.384. The lowest BCUT2D eigenvalue weighted by Crippen LogP contribution is -2.55. The molecule has 3 rings (SSSR count). The molecule has 1 aromatic rings. The third-order valence-corrected chi connectivity index (χ3v) is 4.21. The zero-order chi connectivity index (χ0) is 17.3. The van der Waals surface area contributed by atoms with Crippen LogP contribution in [0.2, 0.25) is 0 Å². The van der Waals surface area contributed by atoms with E-state index in [1.165, 1.54) is 23.1 Å². The summed E-state index contributed by atoms with van der Waals surface area (Å²) in [4.78, 5) is 38.2. The minimum atomic E-state index is -0.544. The molecule has 0 saturated carbocycles. The second kappa shape index (κ2) is 6.44. The first-order valence-electron chi connectivity index (χ1n) is 7.69. The number of non-ortho nitro benzene ring substituents is 1. The van der Waals surface area contributed by atoms with Gasteiger partial charge in [-0.1, -0.05) is 0 Å². The van der Waals surface area contributed by atoms with Crippen molar-refractivity contribution >= 4 is 23.2 Å². The summed E-state index contributed by atoms with van der Waals surface area (Å²) in [7, 11) is 0. The molecule has 9 nitrogen and oxygen atoms in total. The number of hydrogen-bond donors (Lipinski definition) is 1. The molecule has 2 aliphatic rings. The van der Waals surface area contributed by atoms with Crippen LogP contribution in [-0.4, -0.2) is 60.5 Å². The maximum absolute atomic E-state index is 12.6. The third kappa shape index (κ3) is 3.02. The summed E-state index contributed by atoms with van der Waals surface area (Å²) in [5.74, 6) is -0.211. The fraction of sp³-hybridized carbons (Fsp3) is 0.467. The molecule has 2 heterocycles. The quantitative estimate of drug-likeness (QED) is 0.623. The molecule has 1 atom stereocenters. The molecule has 2 aliphatic heterocycles. The van der Waals surface area contributed by atoms with Gasteiger partial charge in [-0.05, 0) is 13.0 Å². The van der Waals surface area contributed by atoms with Crippen molar-refractivity contribution in [2.45, 2.75) is 13.0 Å². The molecule has 0 unspecified atom stereocenters. The summed E-state index contributed by atoms with van der Waals surface area (Å²) in [6.07, 6.45) is 0. The number of ether oxygens (including phenoxy) is 1. The number of piperazine rings is 1. The Morgan fingerprint density at radius 1 is 1.50 bits per heavy atom. The Morgan fingerprint density at radius 2 is 2.29 bits per heavy atom. The van der Waals surface area contributed by atoms with Gasteiger partial charge in [0, 0.05) is 37.8 Å². The predicted molar refractivity (Wildman–Crippen MR) is 85.0 cm³/mol. The Morgan fingerprint density at radius 3 is 3.00 bits per heavy atom. The van der Waals surface area contributed by atoms with Gasteiger partial charge in [0.2, 0.25) is 5.91 Å². The number of amides is 2. The Labute approximate surface area is 138 Å². The molecule has 1 fully saturated rings. The number of carbonyl (C=O) groups is 2. The Hall–Kier alpha value is -2.68. The molecule has 0 bridgehead atoms. The number of nitro benzene ring substituents is 1. The van der Waals surface area contributed by atoms with Crippen molar-refractivity contribution in [1.82, 2.24) is 10.2 Å². The molecular formula is C15H18N4O5. The number of nitrogens with zero attached hydrogens (tertiary/aromatic N) is 3. The molecule has 0 aliphatic carbocycles. The van der Waals surface area contributed by atoms with Gasteiger partial charge in [0.25, 0.3) is 11.6 Å². The molecule has 24 heavy (non-hydrogen) atoms. The van der Waals surface area contributed by atoms with Crippen LogP contribution in [0.25, 0.3) is 0 Å². The van der Waals surface area contributed by atoms with E-state index in [4.69, 9.17) is 4.74 Å². The van der Waals surface area contributed by atoms with Crippen LogP contribution in [0.5, 0.6) is 5.75 Å². The number of hydrogen-bond acceptors (Lipinski definition) is 6. The molecule has 0 radical (unpaired) electrons. The van der Waals surface area contributed by atoms with Crippen molar-refractivity contribution in [2.24, 2.45) is 0 Å². The maximum Gasteiger partial charge on any atom is 0.271 e. The summed E-state index contributed by atoms with van der Waals surface area (Å²) in [6, 6.07) is 4.06. The van der Waals surface area contributed by atoms with Gasteiger partial charge in [0.1, 0.15) is 12.3 Å². The van der Waals surface area contributed by atoms with Crippen molar-refractivity contribution in [2.75, 3.05) is 37.7 Å². The first-order valence-corrected chi connectivity index (χ1v) is 7.69. The van der Waals surface area contributed by atoms with Crippen molar-refractivity contribution in [1.29, 1.82) is 0 Å². The van der Waals surface area contributed by atoms with Crippen LogP contribution in [0.15, 0.2) is 18.2 Å². The van der Waals surface area contributed by atoms with E-state index >= 15 is 0 Å². The number of carbonyl (C=O) groups excluding carboxylic acids is 2. The SMILES string of the molecule is C[C@H]1CNCCN1C(=O)CN1C(=O)COc2ccc([N+](=O)[O-])cc21. The molecular weight excluding hydrogens is 316 g/mol. The Bertz CT molecular complexity index is 692. The monoisotopic (exact) mass is 334 g/mol. The highest BCUT2D eigenvalue weighted by atomic mass is 16.6. The first kappa shape index (κ1) is 16.2.